The van der Waals surface area contributed by atoms with Crippen LogP contribution in [0.4, 0.5) is 4.79 Å². The Balaban J connectivity index is 2.16. The number of amides is 2. The highest BCUT2D eigenvalue weighted by atomic mass is 16.3. The molecule has 0 radical (unpaired) electrons. The van der Waals surface area contributed by atoms with Crippen molar-refractivity contribution >= 4 is 6.03 Å². The summed E-state index contributed by atoms with van der Waals surface area (Å²) >= 11 is 0. The number of furan rings is 1. The van der Waals surface area contributed by atoms with Crippen molar-refractivity contribution in [3.63, 3.8) is 0 Å². The van der Waals surface area contributed by atoms with Gasteiger partial charge in [0.15, 0.2) is 0 Å². The third-order valence-corrected chi connectivity index (χ3v) is 1.92. The summed E-state index contributed by atoms with van der Waals surface area (Å²) in [5.74, 6) is 0. The second kappa shape index (κ2) is 5.29. The Hall–Kier alpha value is -1.49. The quantitative estimate of drug-likeness (QED) is 0.604. The molecule has 1 aromatic heterocycles. The fourth-order valence-electron chi connectivity index (χ4n) is 1.11. The third kappa shape index (κ3) is 3.49. The van der Waals surface area contributed by atoms with Crippen molar-refractivity contribution in [2.45, 2.75) is 13.0 Å². The molecular weight excluding hydrogens is 182 g/mol. The van der Waals surface area contributed by atoms with E-state index in [4.69, 9.17) is 10.2 Å². The molecule has 0 saturated carbocycles. The number of carbonyl (C=O) groups is 1. The number of carbonyl (C=O) groups excluding carboxylic acids is 1. The van der Waals surface area contributed by atoms with Crippen molar-refractivity contribution in [1.29, 1.82) is 0 Å². The van der Waals surface area contributed by atoms with Gasteiger partial charge in [0.2, 0.25) is 0 Å². The standard InChI is InChI=1S/C9H15N3O2/c1-7(8-2-5-14-6-8)11-3-4-12-9(10)13/h2,5-7,11H,3-4H2,1H3,(H3,10,12,13). The maximum absolute atomic E-state index is 10.3. The molecule has 1 atom stereocenters. The summed E-state index contributed by atoms with van der Waals surface area (Å²) in [6, 6.07) is 1.62. The highest BCUT2D eigenvalue weighted by Gasteiger charge is 2.04. The number of nitrogens with one attached hydrogen (secondary N) is 2. The molecule has 1 rings (SSSR count). The minimum absolute atomic E-state index is 0.212. The number of nitrogens with two attached hydrogens (primary N) is 1. The molecule has 2 amide bonds. The molecule has 1 heterocycles. The first kappa shape index (κ1) is 10.6. The Kier molecular flexibility index (Phi) is 4.00. The lowest BCUT2D eigenvalue weighted by molar-refractivity contribution is 0.249. The highest BCUT2D eigenvalue weighted by molar-refractivity contribution is 5.71. The molecule has 1 aromatic rings. The summed E-state index contributed by atoms with van der Waals surface area (Å²) in [6.45, 7) is 3.22. The van der Waals surface area contributed by atoms with Gasteiger partial charge in [0.25, 0.3) is 0 Å². The van der Waals surface area contributed by atoms with Crippen molar-refractivity contribution in [2.24, 2.45) is 5.73 Å². The predicted octanol–water partition coefficient (Wildman–Crippen LogP) is 0.598. The number of hydrogen-bond donors (Lipinski definition) is 3. The zero-order valence-electron chi connectivity index (χ0n) is 8.12. The van der Waals surface area contributed by atoms with Gasteiger partial charge in [-0.15, -0.1) is 0 Å². The van der Waals surface area contributed by atoms with E-state index in [0.29, 0.717) is 13.1 Å². The lowest BCUT2D eigenvalue weighted by atomic mass is 10.2. The van der Waals surface area contributed by atoms with Gasteiger partial charge in [-0.05, 0) is 13.0 Å². The van der Waals surface area contributed by atoms with E-state index in [-0.39, 0.29) is 6.04 Å². The number of urea groups is 1. The molecule has 5 heteroatoms. The zero-order valence-corrected chi connectivity index (χ0v) is 8.12. The van der Waals surface area contributed by atoms with Crippen LogP contribution in [0.1, 0.15) is 18.5 Å². The normalized spacial score (nSPS) is 12.4. The van der Waals surface area contributed by atoms with Crippen molar-refractivity contribution in [1.82, 2.24) is 10.6 Å². The van der Waals surface area contributed by atoms with Crippen LogP contribution in [-0.4, -0.2) is 19.1 Å². The van der Waals surface area contributed by atoms with E-state index >= 15 is 0 Å². The summed E-state index contributed by atoms with van der Waals surface area (Å²) in [5, 5.41) is 5.71. The van der Waals surface area contributed by atoms with E-state index in [0.717, 1.165) is 5.56 Å². The summed E-state index contributed by atoms with van der Waals surface area (Å²) in [5.41, 5.74) is 6.00. The first-order valence-electron chi connectivity index (χ1n) is 4.49. The van der Waals surface area contributed by atoms with E-state index in [9.17, 15) is 4.79 Å². The minimum Gasteiger partial charge on any atom is -0.472 e. The van der Waals surface area contributed by atoms with Crippen LogP contribution in [0, 0.1) is 0 Å². The van der Waals surface area contributed by atoms with Crippen molar-refractivity contribution in [2.75, 3.05) is 13.1 Å². The van der Waals surface area contributed by atoms with Crippen LogP contribution < -0.4 is 16.4 Å². The fourth-order valence-corrected chi connectivity index (χ4v) is 1.11. The molecule has 0 fully saturated rings. The number of rotatable bonds is 5. The Morgan fingerprint density at radius 2 is 2.43 bits per heavy atom. The van der Waals surface area contributed by atoms with Crippen LogP contribution in [-0.2, 0) is 0 Å². The highest BCUT2D eigenvalue weighted by Crippen LogP contribution is 2.11. The molecule has 1 unspecified atom stereocenters. The molecule has 78 valence electrons. The van der Waals surface area contributed by atoms with Gasteiger partial charge >= 0.3 is 6.03 Å². The van der Waals surface area contributed by atoms with Crippen LogP contribution in [0.3, 0.4) is 0 Å². The largest absolute Gasteiger partial charge is 0.472 e. The Morgan fingerprint density at radius 1 is 1.64 bits per heavy atom. The summed E-state index contributed by atoms with van der Waals surface area (Å²) in [7, 11) is 0. The smallest absolute Gasteiger partial charge is 0.312 e. The molecule has 5 nitrogen and oxygen atoms in total. The zero-order chi connectivity index (χ0) is 10.4. The number of hydrogen-bond acceptors (Lipinski definition) is 3. The van der Waals surface area contributed by atoms with Crippen molar-refractivity contribution in [3.05, 3.63) is 24.2 Å². The van der Waals surface area contributed by atoms with Crippen molar-refractivity contribution in [3.8, 4) is 0 Å². The minimum atomic E-state index is -0.497. The average Bonchev–Trinajstić information content (AvgIpc) is 2.64. The Bertz CT molecular complexity index is 272. The maximum atomic E-state index is 10.3. The monoisotopic (exact) mass is 197 g/mol. The van der Waals surface area contributed by atoms with Crippen LogP contribution >= 0.6 is 0 Å². The Morgan fingerprint density at radius 3 is 3.00 bits per heavy atom. The summed E-state index contributed by atoms with van der Waals surface area (Å²) < 4.78 is 4.95. The summed E-state index contributed by atoms with van der Waals surface area (Å²) in [4.78, 5) is 10.3. The SMILES string of the molecule is CC(NCCNC(N)=O)c1ccoc1. The van der Waals surface area contributed by atoms with E-state index in [1.54, 1.807) is 12.5 Å². The second-order valence-corrected chi connectivity index (χ2v) is 3.02. The van der Waals surface area contributed by atoms with E-state index in [1.165, 1.54) is 0 Å². The molecule has 0 spiro atoms. The van der Waals surface area contributed by atoms with Crippen LogP contribution in [0.5, 0.6) is 0 Å². The first-order valence-corrected chi connectivity index (χ1v) is 4.49. The lowest BCUT2D eigenvalue weighted by Crippen LogP contribution is -2.35. The van der Waals surface area contributed by atoms with E-state index in [2.05, 4.69) is 10.6 Å². The van der Waals surface area contributed by atoms with Gasteiger partial charge in [0.05, 0.1) is 12.5 Å². The van der Waals surface area contributed by atoms with Gasteiger partial charge in [-0.2, -0.15) is 0 Å². The van der Waals surface area contributed by atoms with Gasteiger partial charge in [-0.25, -0.2) is 4.79 Å². The van der Waals surface area contributed by atoms with Crippen LogP contribution in [0.25, 0.3) is 0 Å². The fraction of sp³-hybridized carbons (Fsp3) is 0.444. The summed E-state index contributed by atoms with van der Waals surface area (Å²) in [6.07, 6.45) is 3.33. The van der Waals surface area contributed by atoms with Gasteiger partial charge < -0.3 is 20.8 Å². The lowest BCUT2D eigenvalue weighted by Gasteiger charge is -2.11. The second-order valence-electron chi connectivity index (χ2n) is 3.02. The predicted molar refractivity (Wildman–Crippen MR) is 52.7 cm³/mol. The molecular formula is C9H15N3O2. The number of primary amides is 1. The van der Waals surface area contributed by atoms with Gasteiger partial charge in [0.1, 0.15) is 0 Å². The molecule has 14 heavy (non-hydrogen) atoms. The van der Waals surface area contributed by atoms with Gasteiger partial charge in [-0.3, -0.25) is 0 Å². The molecule has 0 saturated heterocycles. The third-order valence-electron chi connectivity index (χ3n) is 1.92. The molecule has 4 N–H and O–H groups in total. The van der Waals surface area contributed by atoms with Crippen molar-refractivity contribution < 1.29 is 9.21 Å². The molecule has 0 aliphatic heterocycles. The maximum Gasteiger partial charge on any atom is 0.312 e. The van der Waals surface area contributed by atoms with Gasteiger partial charge in [0, 0.05) is 24.7 Å². The van der Waals surface area contributed by atoms with Crippen LogP contribution in [0.15, 0.2) is 23.0 Å². The average molecular weight is 197 g/mol. The molecule has 0 aromatic carbocycles. The van der Waals surface area contributed by atoms with Gasteiger partial charge in [-0.1, -0.05) is 0 Å². The van der Waals surface area contributed by atoms with E-state index in [1.807, 2.05) is 13.0 Å². The van der Waals surface area contributed by atoms with E-state index < -0.39 is 6.03 Å². The Labute approximate surface area is 82.7 Å². The van der Waals surface area contributed by atoms with Crippen LogP contribution in [0.2, 0.25) is 0 Å². The topological polar surface area (TPSA) is 80.3 Å². The molecule has 0 aliphatic rings. The molecule has 0 bridgehead atoms. The first-order chi connectivity index (χ1) is 6.70. The molecule has 0 aliphatic carbocycles.